The summed E-state index contributed by atoms with van der Waals surface area (Å²) in [7, 11) is 2.78. The molecular formula is C16H16N2O5. The monoisotopic (exact) mass is 316 g/mol. The van der Waals surface area contributed by atoms with Crippen molar-refractivity contribution in [2.45, 2.75) is 6.54 Å². The van der Waals surface area contributed by atoms with Crippen molar-refractivity contribution < 1.29 is 19.2 Å². The number of esters is 1. The molecule has 120 valence electrons. The van der Waals surface area contributed by atoms with E-state index < -0.39 is 10.9 Å². The maximum atomic E-state index is 11.7. The third-order valence-corrected chi connectivity index (χ3v) is 3.25. The number of nitro groups is 1. The van der Waals surface area contributed by atoms with Crippen LogP contribution in [0.25, 0.3) is 0 Å². The molecule has 0 spiro atoms. The van der Waals surface area contributed by atoms with Gasteiger partial charge in [-0.25, -0.2) is 4.79 Å². The van der Waals surface area contributed by atoms with Gasteiger partial charge in [0.1, 0.15) is 11.3 Å². The predicted molar refractivity (Wildman–Crippen MR) is 84.8 cm³/mol. The van der Waals surface area contributed by atoms with Gasteiger partial charge in [-0.05, 0) is 29.8 Å². The molecule has 0 aromatic heterocycles. The number of nitrogens with zero attached hydrogens (tertiary/aromatic N) is 1. The Balaban J connectivity index is 2.16. The maximum Gasteiger partial charge on any atom is 0.344 e. The molecule has 0 saturated heterocycles. The second-order valence-corrected chi connectivity index (χ2v) is 4.68. The minimum atomic E-state index is -0.746. The number of nitro benzene ring substituents is 1. The van der Waals surface area contributed by atoms with E-state index in [4.69, 9.17) is 4.74 Å². The quantitative estimate of drug-likeness (QED) is 0.500. The lowest BCUT2D eigenvalue weighted by atomic mass is 10.1. The highest BCUT2D eigenvalue weighted by atomic mass is 16.6. The minimum absolute atomic E-state index is 0.0859. The summed E-state index contributed by atoms with van der Waals surface area (Å²) < 4.78 is 9.67. The second-order valence-electron chi connectivity index (χ2n) is 4.68. The molecule has 7 nitrogen and oxygen atoms in total. The van der Waals surface area contributed by atoms with Gasteiger partial charge in [0.05, 0.1) is 19.1 Å². The number of carbonyl (C=O) groups is 1. The lowest BCUT2D eigenvalue weighted by Crippen LogP contribution is -2.07. The average Bonchev–Trinajstić information content (AvgIpc) is 2.59. The van der Waals surface area contributed by atoms with Gasteiger partial charge in [0, 0.05) is 18.3 Å². The molecular weight excluding hydrogens is 300 g/mol. The molecule has 0 aliphatic rings. The van der Waals surface area contributed by atoms with Crippen LogP contribution in [0.3, 0.4) is 0 Å². The van der Waals surface area contributed by atoms with Crippen molar-refractivity contribution in [3.05, 3.63) is 63.7 Å². The number of methoxy groups -OCH3 is 2. The van der Waals surface area contributed by atoms with Crippen LogP contribution in [0.5, 0.6) is 5.75 Å². The van der Waals surface area contributed by atoms with Gasteiger partial charge < -0.3 is 14.8 Å². The van der Waals surface area contributed by atoms with Crippen molar-refractivity contribution in [3.63, 3.8) is 0 Å². The zero-order valence-corrected chi connectivity index (χ0v) is 12.7. The predicted octanol–water partition coefficient (Wildman–Crippen LogP) is 3.00. The van der Waals surface area contributed by atoms with Crippen LogP contribution in [-0.4, -0.2) is 25.1 Å². The van der Waals surface area contributed by atoms with Crippen molar-refractivity contribution in [2.75, 3.05) is 19.5 Å². The van der Waals surface area contributed by atoms with E-state index >= 15 is 0 Å². The maximum absolute atomic E-state index is 11.7. The van der Waals surface area contributed by atoms with Gasteiger partial charge in [-0.15, -0.1) is 0 Å². The van der Waals surface area contributed by atoms with E-state index in [2.05, 4.69) is 10.1 Å². The highest BCUT2D eigenvalue weighted by molar-refractivity contribution is 5.95. The van der Waals surface area contributed by atoms with Gasteiger partial charge >= 0.3 is 5.97 Å². The van der Waals surface area contributed by atoms with Gasteiger partial charge in [-0.1, -0.05) is 12.1 Å². The summed E-state index contributed by atoms with van der Waals surface area (Å²) in [6, 6.07) is 11.7. The van der Waals surface area contributed by atoms with Crippen molar-refractivity contribution in [1.29, 1.82) is 0 Å². The first-order valence-electron chi connectivity index (χ1n) is 6.78. The number of anilines is 1. The Hall–Kier alpha value is -3.09. The Labute approximate surface area is 133 Å². The Morgan fingerprint density at radius 2 is 1.87 bits per heavy atom. The fourth-order valence-corrected chi connectivity index (χ4v) is 2.03. The summed E-state index contributed by atoms with van der Waals surface area (Å²) in [6.07, 6.45) is 0. The van der Waals surface area contributed by atoms with Crippen molar-refractivity contribution in [3.8, 4) is 5.75 Å². The van der Waals surface area contributed by atoms with Gasteiger partial charge in [0.2, 0.25) is 0 Å². The summed E-state index contributed by atoms with van der Waals surface area (Å²) in [5.74, 6) is 0.0156. The van der Waals surface area contributed by atoms with Crippen LogP contribution in [0.2, 0.25) is 0 Å². The van der Waals surface area contributed by atoms with Crippen LogP contribution >= 0.6 is 0 Å². The number of benzene rings is 2. The van der Waals surface area contributed by atoms with E-state index in [0.717, 1.165) is 11.3 Å². The number of rotatable bonds is 6. The molecule has 0 amide bonds. The molecule has 0 atom stereocenters. The van der Waals surface area contributed by atoms with E-state index in [9.17, 15) is 14.9 Å². The molecule has 7 heteroatoms. The highest BCUT2D eigenvalue weighted by Gasteiger charge is 2.21. The largest absolute Gasteiger partial charge is 0.497 e. The number of nitrogens with one attached hydrogen (secondary N) is 1. The smallest absolute Gasteiger partial charge is 0.344 e. The standard InChI is InChI=1S/C16H16N2O5/c1-22-13-6-3-11(4-7-13)10-17-12-5-8-15(18(20)21)14(9-12)16(19)23-2/h3-9,17H,10H2,1-2H3. The van der Waals surface area contributed by atoms with Crippen LogP contribution in [0.15, 0.2) is 42.5 Å². The van der Waals surface area contributed by atoms with Gasteiger partial charge in [-0.3, -0.25) is 10.1 Å². The molecule has 2 aromatic rings. The molecule has 0 aliphatic heterocycles. The highest BCUT2D eigenvalue weighted by Crippen LogP contribution is 2.24. The van der Waals surface area contributed by atoms with E-state index in [-0.39, 0.29) is 11.3 Å². The third kappa shape index (κ3) is 3.97. The zero-order chi connectivity index (χ0) is 16.8. The topological polar surface area (TPSA) is 90.7 Å². The summed E-state index contributed by atoms with van der Waals surface area (Å²) in [5.41, 5.74) is 1.22. The van der Waals surface area contributed by atoms with E-state index in [0.29, 0.717) is 12.2 Å². The molecule has 0 unspecified atom stereocenters. The first kappa shape index (κ1) is 16.3. The Morgan fingerprint density at radius 3 is 2.43 bits per heavy atom. The zero-order valence-electron chi connectivity index (χ0n) is 12.7. The van der Waals surface area contributed by atoms with Crippen molar-refractivity contribution in [2.24, 2.45) is 0 Å². The van der Waals surface area contributed by atoms with E-state index in [1.807, 2.05) is 24.3 Å². The summed E-state index contributed by atoms with van der Waals surface area (Å²) in [5, 5.41) is 14.1. The Kier molecular flexibility index (Phi) is 5.14. The summed E-state index contributed by atoms with van der Waals surface area (Å²) in [4.78, 5) is 22.0. The number of hydrogen-bond acceptors (Lipinski definition) is 6. The number of ether oxygens (including phenoxy) is 2. The molecule has 2 rings (SSSR count). The van der Waals surface area contributed by atoms with E-state index in [1.165, 1.54) is 19.2 Å². The first-order valence-corrected chi connectivity index (χ1v) is 6.78. The lowest BCUT2D eigenvalue weighted by molar-refractivity contribution is -0.385. The summed E-state index contributed by atoms with van der Waals surface area (Å²) >= 11 is 0. The molecule has 23 heavy (non-hydrogen) atoms. The first-order chi connectivity index (χ1) is 11.0. The molecule has 0 aliphatic carbocycles. The van der Waals surface area contributed by atoms with Crippen molar-refractivity contribution >= 4 is 17.3 Å². The molecule has 2 aromatic carbocycles. The molecule has 0 fully saturated rings. The molecule has 0 saturated carbocycles. The van der Waals surface area contributed by atoms with Gasteiger partial charge in [0.25, 0.3) is 5.69 Å². The summed E-state index contributed by atoms with van der Waals surface area (Å²) in [6.45, 7) is 0.502. The average molecular weight is 316 g/mol. The SMILES string of the molecule is COC(=O)c1cc(NCc2ccc(OC)cc2)ccc1[N+](=O)[O-]. The molecule has 0 bridgehead atoms. The number of carbonyl (C=O) groups excluding carboxylic acids is 1. The van der Waals surface area contributed by atoms with Gasteiger partial charge in [-0.2, -0.15) is 0 Å². The molecule has 0 radical (unpaired) electrons. The van der Waals surface area contributed by atoms with Gasteiger partial charge in [0.15, 0.2) is 0 Å². The van der Waals surface area contributed by atoms with Crippen LogP contribution in [0.1, 0.15) is 15.9 Å². The Morgan fingerprint density at radius 1 is 1.17 bits per heavy atom. The van der Waals surface area contributed by atoms with Crippen LogP contribution < -0.4 is 10.1 Å². The third-order valence-electron chi connectivity index (χ3n) is 3.25. The molecule has 0 heterocycles. The molecule has 1 N–H and O–H groups in total. The van der Waals surface area contributed by atoms with Crippen LogP contribution in [0.4, 0.5) is 11.4 Å². The fraction of sp³-hybridized carbons (Fsp3) is 0.188. The fourth-order valence-electron chi connectivity index (χ4n) is 2.03. The lowest BCUT2D eigenvalue weighted by Gasteiger charge is -2.09. The normalized spacial score (nSPS) is 10.0. The van der Waals surface area contributed by atoms with Crippen molar-refractivity contribution in [1.82, 2.24) is 0 Å². The number of hydrogen-bond donors (Lipinski definition) is 1. The van der Waals surface area contributed by atoms with E-state index in [1.54, 1.807) is 13.2 Å². The minimum Gasteiger partial charge on any atom is -0.497 e. The second kappa shape index (κ2) is 7.26. The van der Waals surface area contributed by atoms with Crippen LogP contribution in [-0.2, 0) is 11.3 Å². The Bertz CT molecular complexity index is 713. The van der Waals surface area contributed by atoms with Crippen LogP contribution in [0, 0.1) is 10.1 Å².